The number of hydrogen-bond donors (Lipinski definition) is 1. The Labute approximate surface area is 156 Å². The van der Waals surface area contributed by atoms with Gasteiger partial charge in [-0.15, -0.1) is 11.3 Å². The maximum Gasteiger partial charge on any atom is 0.341 e. The van der Waals surface area contributed by atoms with Crippen LogP contribution in [-0.2, 0) is 27.2 Å². The summed E-state index contributed by atoms with van der Waals surface area (Å²) in [4.78, 5) is 37.6. The second-order valence-corrected chi connectivity index (χ2v) is 8.17. The van der Waals surface area contributed by atoms with Gasteiger partial charge in [-0.3, -0.25) is 4.79 Å². The number of carboxylic acid groups (broad SMARTS) is 1. The first kappa shape index (κ1) is 18.9. The Morgan fingerprint density at radius 1 is 1.04 bits per heavy atom. The maximum atomic E-state index is 12.8. The van der Waals surface area contributed by atoms with Crippen molar-refractivity contribution in [1.29, 1.82) is 0 Å². The van der Waals surface area contributed by atoms with Crippen LogP contribution in [0.1, 0.15) is 65.7 Å². The van der Waals surface area contributed by atoms with Gasteiger partial charge in [0.15, 0.2) is 0 Å². The number of nitrogens with one attached hydrogen (secondary N) is 1. The predicted octanol–water partition coefficient (Wildman–Crippen LogP) is 2.30. The lowest BCUT2D eigenvalue weighted by Gasteiger charge is -2.31. The largest absolute Gasteiger partial charge is 0.550 e. The molecule has 1 saturated carbocycles. The Morgan fingerprint density at radius 2 is 1.73 bits per heavy atom. The van der Waals surface area contributed by atoms with Crippen LogP contribution >= 0.6 is 11.3 Å². The average Bonchev–Trinajstić information content (AvgIpc) is 2.81. The lowest BCUT2D eigenvalue weighted by Crippen LogP contribution is -2.42. The first-order valence-corrected chi connectivity index (χ1v) is 10.1. The van der Waals surface area contributed by atoms with E-state index in [1.807, 2.05) is 0 Å². The van der Waals surface area contributed by atoms with Crippen LogP contribution in [0.4, 0.5) is 5.00 Å². The number of aliphatic carboxylic acids is 1. The topological polar surface area (TPSA) is 95.5 Å². The number of fused-ring (bicyclic) bond motifs is 1. The van der Waals surface area contributed by atoms with Crippen molar-refractivity contribution in [2.45, 2.75) is 57.8 Å². The number of esters is 1. The third-order valence-electron chi connectivity index (χ3n) is 5.45. The van der Waals surface area contributed by atoms with E-state index < -0.39 is 23.8 Å². The van der Waals surface area contributed by atoms with Gasteiger partial charge < -0.3 is 20.0 Å². The highest BCUT2D eigenvalue weighted by Gasteiger charge is 2.33. The van der Waals surface area contributed by atoms with Crippen LogP contribution in [0.3, 0.4) is 0 Å². The highest BCUT2D eigenvalue weighted by Crippen LogP contribution is 2.39. The highest BCUT2D eigenvalue weighted by atomic mass is 32.1. The Balaban J connectivity index is 1.87. The summed E-state index contributed by atoms with van der Waals surface area (Å²) in [5, 5.41) is 14.7. The van der Waals surface area contributed by atoms with E-state index in [0.717, 1.165) is 55.4 Å². The normalized spacial score (nSPS) is 22.8. The molecule has 2 aliphatic carbocycles. The van der Waals surface area contributed by atoms with E-state index in [1.165, 1.54) is 18.4 Å². The Hall–Kier alpha value is -1.89. The SMILES string of the molecule is COC(=O)c1c(NC(=O)[C@H]2CCCC[C@H]2C(=O)[O-])sc2c1CCCCC2. The van der Waals surface area contributed by atoms with E-state index in [0.29, 0.717) is 23.4 Å². The number of hydrogen-bond acceptors (Lipinski definition) is 6. The van der Waals surface area contributed by atoms with E-state index in [1.54, 1.807) is 0 Å². The van der Waals surface area contributed by atoms with Gasteiger partial charge in [-0.05, 0) is 44.1 Å². The zero-order valence-corrected chi connectivity index (χ0v) is 15.8. The molecule has 0 radical (unpaired) electrons. The van der Waals surface area contributed by atoms with Crippen LogP contribution in [0.15, 0.2) is 0 Å². The van der Waals surface area contributed by atoms with E-state index in [2.05, 4.69) is 5.32 Å². The lowest BCUT2D eigenvalue weighted by atomic mass is 9.79. The summed E-state index contributed by atoms with van der Waals surface area (Å²) in [6.45, 7) is 0. The minimum atomic E-state index is -1.17. The molecule has 26 heavy (non-hydrogen) atoms. The number of amides is 1. The first-order chi connectivity index (χ1) is 12.5. The fraction of sp³-hybridized carbons (Fsp3) is 0.632. The van der Waals surface area contributed by atoms with Crippen LogP contribution < -0.4 is 10.4 Å². The van der Waals surface area contributed by atoms with Gasteiger partial charge in [-0.1, -0.05) is 19.3 Å². The van der Waals surface area contributed by atoms with E-state index in [4.69, 9.17) is 4.74 Å². The summed E-state index contributed by atoms with van der Waals surface area (Å²) in [6, 6.07) is 0. The van der Waals surface area contributed by atoms with Gasteiger partial charge in [0, 0.05) is 22.7 Å². The number of aryl methyl sites for hydroxylation is 1. The zero-order chi connectivity index (χ0) is 18.7. The molecule has 7 heteroatoms. The minimum Gasteiger partial charge on any atom is -0.550 e. The van der Waals surface area contributed by atoms with Crippen molar-refractivity contribution >= 4 is 34.2 Å². The molecule has 1 fully saturated rings. The summed E-state index contributed by atoms with van der Waals surface area (Å²) >= 11 is 1.43. The molecule has 0 saturated heterocycles. The molecule has 1 aromatic rings. The third kappa shape index (κ3) is 3.77. The molecule has 0 bridgehead atoms. The summed E-state index contributed by atoms with van der Waals surface area (Å²) in [7, 11) is 1.34. The quantitative estimate of drug-likeness (QED) is 0.641. The summed E-state index contributed by atoms with van der Waals surface area (Å²) in [5.41, 5.74) is 1.43. The van der Waals surface area contributed by atoms with Gasteiger partial charge in [0.05, 0.1) is 12.7 Å². The van der Waals surface area contributed by atoms with E-state index in [9.17, 15) is 19.5 Å². The highest BCUT2D eigenvalue weighted by molar-refractivity contribution is 7.17. The van der Waals surface area contributed by atoms with Crippen LogP contribution in [0.25, 0.3) is 0 Å². The number of rotatable bonds is 4. The van der Waals surface area contributed by atoms with Crippen LogP contribution in [0.5, 0.6) is 0 Å². The number of carboxylic acids is 1. The van der Waals surface area contributed by atoms with Crippen LogP contribution in [0.2, 0.25) is 0 Å². The van der Waals surface area contributed by atoms with Crippen LogP contribution in [-0.4, -0.2) is 25.0 Å². The van der Waals surface area contributed by atoms with Gasteiger partial charge in [0.1, 0.15) is 5.00 Å². The maximum absolute atomic E-state index is 12.8. The van der Waals surface area contributed by atoms with Crippen molar-refractivity contribution in [3.63, 3.8) is 0 Å². The molecule has 0 spiro atoms. The number of carbonyl (C=O) groups is 3. The molecule has 0 aromatic carbocycles. The van der Waals surface area contributed by atoms with Gasteiger partial charge in [0.25, 0.3) is 0 Å². The molecule has 1 amide bonds. The van der Waals surface area contributed by atoms with Crippen molar-refractivity contribution < 1.29 is 24.2 Å². The minimum absolute atomic E-state index is 0.333. The molecule has 1 heterocycles. The van der Waals surface area contributed by atoms with Crippen LogP contribution in [0, 0.1) is 11.8 Å². The number of methoxy groups -OCH3 is 1. The number of thiophene rings is 1. The van der Waals surface area contributed by atoms with Crippen molar-refractivity contribution in [3.8, 4) is 0 Å². The monoisotopic (exact) mass is 378 g/mol. The van der Waals surface area contributed by atoms with Gasteiger partial charge in [-0.2, -0.15) is 0 Å². The van der Waals surface area contributed by atoms with Crippen molar-refractivity contribution in [2.24, 2.45) is 11.8 Å². The Bertz CT molecular complexity index is 711. The predicted molar refractivity (Wildman–Crippen MR) is 96.0 cm³/mol. The van der Waals surface area contributed by atoms with E-state index >= 15 is 0 Å². The standard InChI is InChI=1S/C19H25NO5S/c1-25-19(24)15-13-9-3-2-4-10-14(13)26-17(15)20-16(21)11-7-5-6-8-12(11)18(22)23/h11-12H,2-10H2,1H3,(H,20,21)(H,22,23)/p-1/t11-,12+/m0/s1. The summed E-state index contributed by atoms with van der Waals surface area (Å²) in [6.07, 6.45) is 7.51. The second kappa shape index (κ2) is 8.20. The molecule has 1 aromatic heterocycles. The molecule has 1 N–H and O–H groups in total. The van der Waals surface area contributed by atoms with E-state index in [-0.39, 0.29) is 5.91 Å². The molecular weight excluding hydrogens is 354 g/mol. The molecule has 3 rings (SSSR count). The fourth-order valence-electron chi connectivity index (χ4n) is 4.08. The Kier molecular flexibility index (Phi) is 5.96. The third-order valence-corrected chi connectivity index (χ3v) is 6.66. The molecule has 0 aliphatic heterocycles. The van der Waals surface area contributed by atoms with Gasteiger partial charge in [0.2, 0.25) is 5.91 Å². The molecule has 2 atom stereocenters. The molecular formula is C19H24NO5S-. The summed E-state index contributed by atoms with van der Waals surface area (Å²) in [5.74, 6) is -3.32. The smallest absolute Gasteiger partial charge is 0.341 e. The fourth-order valence-corrected chi connectivity index (χ4v) is 5.36. The van der Waals surface area contributed by atoms with Crippen molar-refractivity contribution in [3.05, 3.63) is 16.0 Å². The number of anilines is 1. The van der Waals surface area contributed by atoms with Gasteiger partial charge >= 0.3 is 5.97 Å². The molecule has 0 unspecified atom stereocenters. The van der Waals surface area contributed by atoms with Gasteiger partial charge in [-0.25, -0.2) is 4.79 Å². The second-order valence-electron chi connectivity index (χ2n) is 7.07. The Morgan fingerprint density at radius 3 is 2.42 bits per heavy atom. The summed E-state index contributed by atoms with van der Waals surface area (Å²) < 4.78 is 4.94. The van der Waals surface area contributed by atoms with Crippen molar-refractivity contribution in [2.75, 3.05) is 12.4 Å². The number of ether oxygens (including phenoxy) is 1. The number of carbonyl (C=O) groups excluding carboxylic acids is 3. The average molecular weight is 378 g/mol. The zero-order valence-electron chi connectivity index (χ0n) is 15.0. The first-order valence-electron chi connectivity index (χ1n) is 9.27. The lowest BCUT2D eigenvalue weighted by molar-refractivity contribution is -0.313. The van der Waals surface area contributed by atoms with Crippen molar-refractivity contribution in [1.82, 2.24) is 0 Å². The molecule has 142 valence electrons. The molecule has 6 nitrogen and oxygen atoms in total. The molecule has 2 aliphatic rings.